The number of carboxylic acids is 1. The molecule has 6 heteroatoms. The number of urea groups is 1. The Morgan fingerprint density at radius 2 is 2.11 bits per heavy atom. The van der Waals surface area contributed by atoms with E-state index in [-0.39, 0.29) is 18.5 Å². The van der Waals surface area contributed by atoms with Crippen LogP contribution in [0.4, 0.5) is 10.5 Å². The van der Waals surface area contributed by atoms with E-state index in [4.69, 9.17) is 5.11 Å². The van der Waals surface area contributed by atoms with E-state index in [0.29, 0.717) is 13.0 Å². The zero-order chi connectivity index (χ0) is 13.1. The molecule has 1 aromatic rings. The van der Waals surface area contributed by atoms with Crippen molar-refractivity contribution in [3.63, 3.8) is 0 Å². The molecule has 5 nitrogen and oxygen atoms in total. The fraction of sp³-hybridized carbons (Fsp3) is 0.333. The minimum atomic E-state index is -0.841. The smallest absolute Gasteiger partial charge is 0.322 e. The van der Waals surface area contributed by atoms with Gasteiger partial charge >= 0.3 is 12.0 Å². The third-order valence-electron chi connectivity index (χ3n) is 2.82. The van der Waals surface area contributed by atoms with Crippen LogP contribution in [0.5, 0.6) is 0 Å². The van der Waals surface area contributed by atoms with Crippen LogP contribution in [0.25, 0.3) is 0 Å². The average Bonchev–Trinajstić information content (AvgIpc) is 2.69. The number of rotatable bonds is 4. The number of halogens is 1. The van der Waals surface area contributed by atoms with Crippen molar-refractivity contribution in [3.05, 3.63) is 28.7 Å². The van der Waals surface area contributed by atoms with Gasteiger partial charge in [0.25, 0.3) is 0 Å². The summed E-state index contributed by atoms with van der Waals surface area (Å²) < 4.78 is 0.952. The second-order valence-electron chi connectivity index (χ2n) is 4.17. The van der Waals surface area contributed by atoms with E-state index in [1.165, 1.54) is 0 Å². The van der Waals surface area contributed by atoms with Gasteiger partial charge in [-0.3, -0.25) is 9.69 Å². The molecule has 0 spiro atoms. The molecule has 1 atom stereocenters. The van der Waals surface area contributed by atoms with Crippen molar-refractivity contribution in [2.75, 3.05) is 11.4 Å². The quantitative estimate of drug-likeness (QED) is 0.895. The zero-order valence-corrected chi connectivity index (χ0v) is 11.2. The summed E-state index contributed by atoms with van der Waals surface area (Å²) in [5.41, 5.74) is 0.813. The van der Waals surface area contributed by atoms with Crippen LogP contribution in [-0.4, -0.2) is 29.7 Å². The minimum Gasteiger partial charge on any atom is -0.481 e. The normalized spacial score (nSPS) is 18.8. The Bertz CT molecular complexity index is 461. The number of benzene rings is 1. The predicted octanol–water partition coefficient (Wildman–Crippen LogP) is 2.21. The Morgan fingerprint density at radius 1 is 1.44 bits per heavy atom. The highest BCUT2D eigenvalue weighted by Crippen LogP contribution is 2.22. The molecule has 0 saturated carbocycles. The second kappa shape index (κ2) is 5.39. The van der Waals surface area contributed by atoms with Crippen molar-refractivity contribution >= 4 is 33.6 Å². The lowest BCUT2D eigenvalue weighted by atomic mass is 10.1. The molecule has 1 fully saturated rings. The highest BCUT2D eigenvalue weighted by Gasteiger charge is 2.29. The summed E-state index contributed by atoms with van der Waals surface area (Å²) in [4.78, 5) is 23.9. The standard InChI is InChI=1S/C12H13BrN2O3/c13-8-1-4-10(5-2-8)15-7-9(14-12(15)18)3-6-11(16)17/h1-2,4-5,9H,3,6-7H2,(H,14,18)(H,16,17). The van der Waals surface area contributed by atoms with E-state index < -0.39 is 5.97 Å². The summed E-state index contributed by atoms with van der Waals surface area (Å²) in [7, 11) is 0. The molecule has 0 radical (unpaired) electrons. The Kier molecular flexibility index (Phi) is 3.86. The summed E-state index contributed by atoms with van der Waals surface area (Å²) in [5, 5.41) is 11.4. The molecule has 96 valence electrons. The molecule has 2 amide bonds. The van der Waals surface area contributed by atoms with Crippen molar-refractivity contribution in [3.8, 4) is 0 Å². The Labute approximate surface area is 113 Å². The Balaban J connectivity index is 2.00. The number of carbonyl (C=O) groups excluding carboxylic acids is 1. The SMILES string of the molecule is O=C(O)CCC1CN(c2ccc(Br)cc2)C(=O)N1. The monoisotopic (exact) mass is 312 g/mol. The molecule has 1 aliphatic heterocycles. The van der Waals surface area contributed by atoms with Crippen LogP contribution in [-0.2, 0) is 4.79 Å². The van der Waals surface area contributed by atoms with Gasteiger partial charge in [0.05, 0.1) is 0 Å². The number of anilines is 1. The molecule has 1 aliphatic rings. The largest absolute Gasteiger partial charge is 0.481 e. The number of amides is 2. The molecule has 0 bridgehead atoms. The van der Waals surface area contributed by atoms with Gasteiger partial charge in [-0.2, -0.15) is 0 Å². The van der Waals surface area contributed by atoms with E-state index in [1.807, 2.05) is 24.3 Å². The van der Waals surface area contributed by atoms with E-state index in [1.54, 1.807) is 4.90 Å². The summed E-state index contributed by atoms with van der Waals surface area (Å²) in [6.07, 6.45) is 0.521. The molecule has 1 aromatic carbocycles. The first-order chi connectivity index (χ1) is 8.56. The first-order valence-corrected chi connectivity index (χ1v) is 6.41. The summed E-state index contributed by atoms with van der Waals surface area (Å²) in [5.74, 6) is -0.841. The predicted molar refractivity (Wildman–Crippen MR) is 70.7 cm³/mol. The maximum atomic E-state index is 11.8. The molecule has 0 aliphatic carbocycles. The van der Waals surface area contributed by atoms with Crippen LogP contribution in [0.1, 0.15) is 12.8 Å². The molecule has 2 N–H and O–H groups in total. The van der Waals surface area contributed by atoms with Crippen molar-refractivity contribution in [2.45, 2.75) is 18.9 Å². The molecule has 0 aromatic heterocycles. The zero-order valence-electron chi connectivity index (χ0n) is 9.60. The van der Waals surface area contributed by atoms with Gasteiger partial charge in [-0.25, -0.2) is 4.79 Å². The second-order valence-corrected chi connectivity index (χ2v) is 5.08. The lowest BCUT2D eigenvalue weighted by molar-refractivity contribution is -0.137. The van der Waals surface area contributed by atoms with Crippen LogP contribution >= 0.6 is 15.9 Å². The maximum absolute atomic E-state index is 11.8. The van der Waals surface area contributed by atoms with Crippen LogP contribution < -0.4 is 10.2 Å². The fourth-order valence-corrected chi connectivity index (χ4v) is 2.17. The number of nitrogens with one attached hydrogen (secondary N) is 1. The molecule has 1 saturated heterocycles. The van der Waals surface area contributed by atoms with E-state index in [2.05, 4.69) is 21.2 Å². The van der Waals surface area contributed by atoms with Crippen LogP contribution in [0, 0.1) is 0 Å². The van der Waals surface area contributed by atoms with Crippen LogP contribution in [0.2, 0.25) is 0 Å². The first-order valence-electron chi connectivity index (χ1n) is 5.61. The van der Waals surface area contributed by atoms with Gasteiger partial charge in [-0.15, -0.1) is 0 Å². The number of carbonyl (C=O) groups is 2. The number of hydrogen-bond acceptors (Lipinski definition) is 2. The highest BCUT2D eigenvalue weighted by atomic mass is 79.9. The molecular weight excluding hydrogens is 300 g/mol. The van der Waals surface area contributed by atoms with Crippen molar-refractivity contribution in [1.29, 1.82) is 0 Å². The van der Waals surface area contributed by atoms with E-state index >= 15 is 0 Å². The van der Waals surface area contributed by atoms with Gasteiger partial charge in [0, 0.05) is 29.2 Å². The van der Waals surface area contributed by atoms with Gasteiger partial charge in [0.2, 0.25) is 0 Å². The first kappa shape index (κ1) is 12.9. The van der Waals surface area contributed by atoms with Gasteiger partial charge in [-0.05, 0) is 30.7 Å². The van der Waals surface area contributed by atoms with Gasteiger partial charge < -0.3 is 10.4 Å². The Morgan fingerprint density at radius 3 is 2.72 bits per heavy atom. The topological polar surface area (TPSA) is 69.6 Å². The number of hydrogen-bond donors (Lipinski definition) is 2. The van der Waals surface area contributed by atoms with E-state index in [0.717, 1.165) is 10.2 Å². The minimum absolute atomic E-state index is 0.0686. The van der Waals surface area contributed by atoms with E-state index in [9.17, 15) is 9.59 Å². The molecule has 1 heterocycles. The van der Waals surface area contributed by atoms with Gasteiger partial charge in [-0.1, -0.05) is 15.9 Å². The van der Waals surface area contributed by atoms with Crippen molar-refractivity contribution in [2.24, 2.45) is 0 Å². The number of carboxylic acid groups (broad SMARTS) is 1. The van der Waals surface area contributed by atoms with Crippen LogP contribution in [0.15, 0.2) is 28.7 Å². The molecule has 18 heavy (non-hydrogen) atoms. The highest BCUT2D eigenvalue weighted by molar-refractivity contribution is 9.10. The maximum Gasteiger partial charge on any atom is 0.322 e. The molecule has 2 rings (SSSR count). The van der Waals surface area contributed by atoms with Gasteiger partial charge in [0.1, 0.15) is 0 Å². The third-order valence-corrected chi connectivity index (χ3v) is 3.35. The van der Waals surface area contributed by atoms with Crippen LogP contribution in [0.3, 0.4) is 0 Å². The Hall–Kier alpha value is -1.56. The molecular formula is C12H13BrN2O3. The van der Waals surface area contributed by atoms with Crippen molar-refractivity contribution < 1.29 is 14.7 Å². The fourth-order valence-electron chi connectivity index (χ4n) is 1.91. The van der Waals surface area contributed by atoms with Crippen molar-refractivity contribution in [1.82, 2.24) is 5.32 Å². The summed E-state index contributed by atoms with van der Waals surface area (Å²) >= 11 is 3.34. The lowest BCUT2D eigenvalue weighted by Gasteiger charge is -2.14. The number of nitrogens with zero attached hydrogens (tertiary/aromatic N) is 1. The van der Waals surface area contributed by atoms with Gasteiger partial charge in [0.15, 0.2) is 0 Å². The third kappa shape index (κ3) is 3.01. The lowest BCUT2D eigenvalue weighted by Crippen LogP contribution is -2.28. The summed E-state index contributed by atoms with van der Waals surface area (Å²) in [6.45, 7) is 0.508. The number of aliphatic carboxylic acids is 1. The average molecular weight is 313 g/mol. The summed E-state index contributed by atoms with van der Waals surface area (Å²) in [6, 6.07) is 7.16. The molecule has 1 unspecified atom stereocenters.